The van der Waals surface area contributed by atoms with Gasteiger partial charge in [0.25, 0.3) is 5.56 Å². The lowest BCUT2D eigenvalue weighted by molar-refractivity contribution is 0.713. The van der Waals surface area contributed by atoms with Crippen molar-refractivity contribution in [2.75, 3.05) is 0 Å². The lowest BCUT2D eigenvalue weighted by atomic mass is 10.2. The van der Waals surface area contributed by atoms with Crippen molar-refractivity contribution in [3.63, 3.8) is 0 Å². The number of aryl methyl sites for hydroxylation is 1. The van der Waals surface area contributed by atoms with Gasteiger partial charge in [-0.05, 0) is 30.7 Å². The molecule has 0 saturated carbocycles. The van der Waals surface area contributed by atoms with Gasteiger partial charge in [-0.25, -0.2) is 9.36 Å². The van der Waals surface area contributed by atoms with Gasteiger partial charge in [0.2, 0.25) is 0 Å². The highest BCUT2D eigenvalue weighted by Crippen LogP contribution is 2.19. The first-order valence-electron chi connectivity index (χ1n) is 5.67. The Hall–Kier alpha value is -2.07. The number of nitrogens with zero attached hydrogens (tertiary/aromatic N) is 2. The van der Waals surface area contributed by atoms with E-state index in [-0.39, 0.29) is 11.2 Å². The molecule has 0 aliphatic heterocycles. The molecule has 1 aromatic heterocycles. The van der Waals surface area contributed by atoms with Gasteiger partial charge in [-0.3, -0.25) is 4.79 Å². The Morgan fingerprint density at radius 3 is 2.58 bits per heavy atom. The molecular weight excluding hydrogens is 264 g/mol. The molecule has 0 amide bonds. The molecule has 1 heterocycles. The molecule has 4 nitrogen and oxygen atoms in total. The van der Waals surface area contributed by atoms with Crippen molar-refractivity contribution in [2.45, 2.75) is 6.92 Å². The third-order valence-corrected chi connectivity index (χ3v) is 3.36. The molecule has 5 heteroatoms. The van der Waals surface area contributed by atoms with Gasteiger partial charge in [0, 0.05) is 23.8 Å². The zero-order valence-electron chi connectivity index (χ0n) is 10.7. The second kappa shape index (κ2) is 4.90. The van der Waals surface area contributed by atoms with E-state index in [4.69, 9.17) is 11.6 Å². The molecule has 0 aliphatic carbocycles. The summed E-state index contributed by atoms with van der Waals surface area (Å²) in [6.07, 6.45) is 1.58. The van der Waals surface area contributed by atoms with E-state index in [1.807, 2.05) is 0 Å². The standard InChI is InChI=1S/C14H13ClN2O2/c1-4-10-8-11(5-6-12(10)15)17-13(18)7-9(2)16(3)14(17)19/h4-8H,1H2,2-3H3. The van der Waals surface area contributed by atoms with Gasteiger partial charge in [0.1, 0.15) is 0 Å². The second-order valence-electron chi connectivity index (χ2n) is 4.21. The first-order valence-corrected chi connectivity index (χ1v) is 6.05. The number of hydrogen-bond donors (Lipinski definition) is 0. The fourth-order valence-corrected chi connectivity index (χ4v) is 1.99. The van der Waals surface area contributed by atoms with E-state index in [1.54, 1.807) is 38.2 Å². The molecule has 0 bridgehead atoms. The van der Waals surface area contributed by atoms with Gasteiger partial charge in [-0.15, -0.1) is 0 Å². The van der Waals surface area contributed by atoms with Crippen LogP contribution in [0.3, 0.4) is 0 Å². The second-order valence-corrected chi connectivity index (χ2v) is 4.62. The summed E-state index contributed by atoms with van der Waals surface area (Å²) in [4.78, 5) is 24.2. The molecule has 0 spiro atoms. The summed E-state index contributed by atoms with van der Waals surface area (Å²) in [7, 11) is 1.62. The highest BCUT2D eigenvalue weighted by molar-refractivity contribution is 6.32. The molecule has 0 saturated heterocycles. The minimum Gasteiger partial charge on any atom is -0.301 e. The summed E-state index contributed by atoms with van der Waals surface area (Å²) in [5.74, 6) is 0. The lowest BCUT2D eigenvalue weighted by Gasteiger charge is -2.10. The fraction of sp³-hybridized carbons (Fsp3) is 0.143. The van der Waals surface area contributed by atoms with Crippen LogP contribution in [0.1, 0.15) is 11.3 Å². The third kappa shape index (κ3) is 2.27. The van der Waals surface area contributed by atoms with E-state index in [1.165, 1.54) is 10.6 Å². The first kappa shape index (κ1) is 13.4. The molecule has 19 heavy (non-hydrogen) atoms. The van der Waals surface area contributed by atoms with Crippen molar-refractivity contribution in [3.8, 4) is 5.69 Å². The van der Waals surface area contributed by atoms with E-state index < -0.39 is 0 Å². The van der Waals surface area contributed by atoms with Gasteiger partial charge >= 0.3 is 5.69 Å². The normalized spacial score (nSPS) is 10.5. The Bertz CT molecular complexity index is 772. The topological polar surface area (TPSA) is 44.0 Å². The number of hydrogen-bond acceptors (Lipinski definition) is 2. The van der Waals surface area contributed by atoms with Crippen molar-refractivity contribution >= 4 is 17.7 Å². The zero-order chi connectivity index (χ0) is 14.2. The van der Waals surface area contributed by atoms with Crippen molar-refractivity contribution in [2.24, 2.45) is 7.05 Å². The van der Waals surface area contributed by atoms with Crippen LogP contribution in [0.25, 0.3) is 11.8 Å². The van der Waals surface area contributed by atoms with Crippen LogP contribution in [0.2, 0.25) is 5.02 Å². The van der Waals surface area contributed by atoms with Crippen LogP contribution >= 0.6 is 11.6 Å². The molecule has 0 radical (unpaired) electrons. The number of aromatic nitrogens is 2. The predicted molar refractivity (Wildman–Crippen MR) is 77.1 cm³/mol. The van der Waals surface area contributed by atoms with Crippen LogP contribution < -0.4 is 11.2 Å². The summed E-state index contributed by atoms with van der Waals surface area (Å²) in [5, 5.41) is 0.524. The molecule has 0 fully saturated rings. The number of halogens is 1. The van der Waals surface area contributed by atoms with E-state index in [0.717, 1.165) is 4.57 Å². The Kier molecular flexibility index (Phi) is 3.44. The monoisotopic (exact) mass is 276 g/mol. The number of benzene rings is 1. The van der Waals surface area contributed by atoms with Crippen molar-refractivity contribution in [1.29, 1.82) is 0 Å². The molecule has 2 rings (SSSR count). The summed E-state index contributed by atoms with van der Waals surface area (Å²) in [6, 6.07) is 6.35. The first-order chi connectivity index (χ1) is 8.95. The van der Waals surface area contributed by atoms with Crippen LogP contribution in [-0.2, 0) is 7.05 Å². The number of rotatable bonds is 2. The average Bonchev–Trinajstić information content (AvgIpc) is 2.38. The van der Waals surface area contributed by atoms with Crippen LogP contribution in [0.5, 0.6) is 0 Å². The van der Waals surface area contributed by atoms with E-state index in [2.05, 4.69) is 6.58 Å². The molecular formula is C14H13ClN2O2. The van der Waals surface area contributed by atoms with Gasteiger partial charge in [-0.2, -0.15) is 0 Å². The SMILES string of the molecule is C=Cc1cc(-n2c(=O)cc(C)n(C)c2=O)ccc1Cl. The summed E-state index contributed by atoms with van der Waals surface area (Å²) < 4.78 is 2.53. The molecule has 0 aliphatic rings. The highest BCUT2D eigenvalue weighted by Gasteiger charge is 2.09. The Labute approximate surface area is 115 Å². The van der Waals surface area contributed by atoms with Crippen LogP contribution in [0, 0.1) is 6.92 Å². The van der Waals surface area contributed by atoms with Crippen LogP contribution in [0.4, 0.5) is 0 Å². The van der Waals surface area contributed by atoms with Gasteiger partial charge in [0.15, 0.2) is 0 Å². The minimum atomic E-state index is -0.387. The summed E-state index contributed by atoms with van der Waals surface area (Å²) in [6.45, 7) is 5.36. The molecule has 2 aromatic rings. The molecule has 98 valence electrons. The molecule has 0 atom stereocenters. The van der Waals surface area contributed by atoms with Crippen molar-refractivity contribution in [3.05, 3.63) is 68.0 Å². The maximum Gasteiger partial charge on any atom is 0.335 e. The molecule has 0 unspecified atom stereocenters. The summed E-state index contributed by atoms with van der Waals surface area (Å²) >= 11 is 5.98. The third-order valence-electron chi connectivity index (χ3n) is 3.02. The maximum atomic E-state index is 12.2. The van der Waals surface area contributed by atoms with Gasteiger partial charge in [0.05, 0.1) is 5.69 Å². The summed E-state index contributed by atoms with van der Waals surface area (Å²) in [5.41, 5.74) is 1.02. The fourth-order valence-electron chi connectivity index (χ4n) is 1.80. The van der Waals surface area contributed by atoms with Crippen LogP contribution in [-0.4, -0.2) is 9.13 Å². The van der Waals surface area contributed by atoms with E-state index >= 15 is 0 Å². The Balaban J connectivity index is 2.80. The van der Waals surface area contributed by atoms with Gasteiger partial charge in [-0.1, -0.05) is 24.3 Å². The quantitative estimate of drug-likeness (QED) is 0.843. The largest absolute Gasteiger partial charge is 0.335 e. The van der Waals surface area contributed by atoms with E-state index in [9.17, 15) is 9.59 Å². The Morgan fingerprint density at radius 1 is 1.26 bits per heavy atom. The van der Waals surface area contributed by atoms with E-state index in [0.29, 0.717) is 22.0 Å². The highest BCUT2D eigenvalue weighted by atomic mass is 35.5. The maximum absolute atomic E-state index is 12.2. The van der Waals surface area contributed by atoms with Crippen molar-refractivity contribution < 1.29 is 0 Å². The van der Waals surface area contributed by atoms with Gasteiger partial charge < -0.3 is 4.57 Å². The zero-order valence-corrected chi connectivity index (χ0v) is 11.4. The average molecular weight is 277 g/mol. The Morgan fingerprint density at radius 2 is 1.95 bits per heavy atom. The minimum absolute atomic E-state index is 0.363. The van der Waals surface area contributed by atoms with Crippen LogP contribution in [0.15, 0.2) is 40.4 Å². The molecule has 1 aromatic carbocycles. The molecule has 0 N–H and O–H groups in total. The van der Waals surface area contributed by atoms with Crippen molar-refractivity contribution in [1.82, 2.24) is 9.13 Å². The smallest absolute Gasteiger partial charge is 0.301 e. The predicted octanol–water partition coefficient (Wildman–Crippen LogP) is 2.14. The lowest BCUT2D eigenvalue weighted by Crippen LogP contribution is -2.38.